The summed E-state index contributed by atoms with van der Waals surface area (Å²) in [5.41, 5.74) is 5.78. The highest BCUT2D eigenvalue weighted by molar-refractivity contribution is 5.23. The zero-order chi connectivity index (χ0) is 11.6. The van der Waals surface area contributed by atoms with Crippen molar-refractivity contribution in [2.75, 3.05) is 7.11 Å². The first-order valence-corrected chi connectivity index (χ1v) is 4.64. The van der Waals surface area contributed by atoms with E-state index < -0.39 is 23.3 Å². The molecule has 0 aliphatic heterocycles. The molecule has 0 saturated carbocycles. The number of rotatable bonds is 3. The van der Waals surface area contributed by atoms with E-state index in [1.165, 1.54) is 13.2 Å². The van der Waals surface area contributed by atoms with E-state index in [1.807, 2.05) is 0 Å². The lowest BCUT2D eigenvalue weighted by Gasteiger charge is -2.30. The van der Waals surface area contributed by atoms with Gasteiger partial charge in [0.25, 0.3) is 0 Å². The number of halogens is 2. The van der Waals surface area contributed by atoms with E-state index in [9.17, 15) is 8.78 Å². The zero-order valence-corrected chi connectivity index (χ0v) is 9.05. The van der Waals surface area contributed by atoms with Gasteiger partial charge in [-0.15, -0.1) is 0 Å². The van der Waals surface area contributed by atoms with Gasteiger partial charge in [0.05, 0.1) is 11.6 Å². The third kappa shape index (κ3) is 2.52. The molecule has 0 bridgehead atoms. The van der Waals surface area contributed by atoms with Crippen molar-refractivity contribution in [2.24, 2.45) is 5.73 Å². The molecule has 84 valence electrons. The molecule has 1 rings (SSSR count). The van der Waals surface area contributed by atoms with Gasteiger partial charge in [0.2, 0.25) is 0 Å². The summed E-state index contributed by atoms with van der Waals surface area (Å²) in [6.07, 6.45) is 0. The first-order chi connectivity index (χ1) is 6.88. The smallest absolute Gasteiger partial charge is 0.159 e. The predicted molar refractivity (Wildman–Crippen MR) is 54.4 cm³/mol. The second-order valence-corrected chi connectivity index (χ2v) is 3.96. The lowest BCUT2D eigenvalue weighted by atomic mass is 9.92. The van der Waals surface area contributed by atoms with Crippen LogP contribution in [-0.2, 0) is 4.74 Å². The zero-order valence-electron chi connectivity index (χ0n) is 9.05. The average Bonchev–Trinajstić information content (AvgIpc) is 2.21. The fraction of sp³-hybridized carbons (Fsp3) is 0.455. The maximum absolute atomic E-state index is 13.0. The van der Waals surface area contributed by atoms with Gasteiger partial charge in [-0.05, 0) is 31.5 Å². The summed E-state index contributed by atoms with van der Waals surface area (Å²) in [7, 11) is 1.53. The molecule has 0 fully saturated rings. The van der Waals surface area contributed by atoms with E-state index >= 15 is 0 Å². The van der Waals surface area contributed by atoms with Crippen LogP contribution in [0.1, 0.15) is 25.5 Å². The van der Waals surface area contributed by atoms with Gasteiger partial charge in [-0.1, -0.05) is 6.07 Å². The first kappa shape index (κ1) is 12.1. The van der Waals surface area contributed by atoms with Crippen LogP contribution in [0.2, 0.25) is 0 Å². The van der Waals surface area contributed by atoms with E-state index in [-0.39, 0.29) is 0 Å². The molecule has 1 unspecified atom stereocenters. The van der Waals surface area contributed by atoms with Crippen LogP contribution >= 0.6 is 0 Å². The minimum atomic E-state index is -0.894. The van der Waals surface area contributed by atoms with Crippen LogP contribution in [0.25, 0.3) is 0 Å². The molecule has 0 heterocycles. The minimum Gasteiger partial charge on any atom is -0.377 e. The summed E-state index contributed by atoms with van der Waals surface area (Å²) >= 11 is 0. The summed E-state index contributed by atoms with van der Waals surface area (Å²) in [5.74, 6) is -1.77. The highest BCUT2D eigenvalue weighted by Crippen LogP contribution is 2.26. The van der Waals surface area contributed by atoms with E-state index in [0.29, 0.717) is 5.56 Å². The van der Waals surface area contributed by atoms with Crippen molar-refractivity contribution >= 4 is 0 Å². The van der Waals surface area contributed by atoms with Crippen molar-refractivity contribution in [3.8, 4) is 0 Å². The SMILES string of the molecule is COC(C)(C)C(N)c1ccc(F)c(F)c1. The molecule has 0 aromatic heterocycles. The Labute approximate surface area is 88.0 Å². The van der Waals surface area contributed by atoms with Crippen molar-refractivity contribution in [1.82, 2.24) is 0 Å². The lowest BCUT2D eigenvalue weighted by molar-refractivity contribution is -0.000116. The maximum Gasteiger partial charge on any atom is 0.159 e. The first-order valence-electron chi connectivity index (χ1n) is 4.64. The molecule has 0 amide bonds. The quantitative estimate of drug-likeness (QED) is 0.840. The molecule has 15 heavy (non-hydrogen) atoms. The van der Waals surface area contributed by atoms with Crippen LogP contribution < -0.4 is 5.73 Å². The highest BCUT2D eigenvalue weighted by Gasteiger charge is 2.27. The van der Waals surface area contributed by atoms with Gasteiger partial charge >= 0.3 is 0 Å². The van der Waals surface area contributed by atoms with Crippen LogP contribution in [0.4, 0.5) is 8.78 Å². The molecule has 2 nitrogen and oxygen atoms in total. The summed E-state index contributed by atoms with van der Waals surface area (Å²) in [5, 5.41) is 0. The second kappa shape index (κ2) is 4.24. The number of hydrogen-bond donors (Lipinski definition) is 1. The molecule has 4 heteroatoms. The molecule has 1 aromatic carbocycles. The third-order valence-electron chi connectivity index (χ3n) is 2.58. The Kier molecular flexibility index (Phi) is 3.42. The van der Waals surface area contributed by atoms with Crippen LogP contribution in [0, 0.1) is 11.6 Å². The van der Waals surface area contributed by atoms with Gasteiger partial charge in [0.1, 0.15) is 0 Å². The minimum absolute atomic E-state index is 0.502. The van der Waals surface area contributed by atoms with E-state index in [0.717, 1.165) is 12.1 Å². The third-order valence-corrected chi connectivity index (χ3v) is 2.58. The number of methoxy groups -OCH3 is 1. The Morgan fingerprint density at radius 3 is 2.33 bits per heavy atom. The molecule has 2 N–H and O–H groups in total. The summed E-state index contributed by atoms with van der Waals surface area (Å²) in [6, 6.07) is 3.12. The molecule has 0 spiro atoms. The van der Waals surface area contributed by atoms with Crippen molar-refractivity contribution in [1.29, 1.82) is 0 Å². The molecule has 0 radical (unpaired) electrons. The number of ether oxygens (including phenoxy) is 1. The van der Waals surface area contributed by atoms with E-state index in [1.54, 1.807) is 13.8 Å². The van der Waals surface area contributed by atoms with Gasteiger partial charge < -0.3 is 10.5 Å². The van der Waals surface area contributed by atoms with E-state index in [4.69, 9.17) is 10.5 Å². The fourth-order valence-electron chi connectivity index (χ4n) is 1.23. The Morgan fingerprint density at radius 1 is 1.27 bits per heavy atom. The van der Waals surface area contributed by atoms with Gasteiger partial charge in [-0.3, -0.25) is 0 Å². The molecule has 1 atom stereocenters. The van der Waals surface area contributed by atoms with Gasteiger partial charge in [-0.25, -0.2) is 8.78 Å². The van der Waals surface area contributed by atoms with Gasteiger partial charge in [-0.2, -0.15) is 0 Å². The Bertz CT molecular complexity index is 352. The lowest BCUT2D eigenvalue weighted by Crippen LogP contribution is -2.37. The summed E-state index contributed by atoms with van der Waals surface area (Å²) in [6.45, 7) is 3.58. The van der Waals surface area contributed by atoms with Crippen LogP contribution in [0.15, 0.2) is 18.2 Å². The predicted octanol–water partition coefficient (Wildman–Crippen LogP) is 2.39. The molecule has 0 aliphatic carbocycles. The second-order valence-electron chi connectivity index (χ2n) is 3.96. The number of nitrogens with two attached hydrogens (primary N) is 1. The Hall–Kier alpha value is -1.00. The molecule has 0 saturated heterocycles. The largest absolute Gasteiger partial charge is 0.377 e. The average molecular weight is 215 g/mol. The number of benzene rings is 1. The van der Waals surface area contributed by atoms with Crippen LogP contribution in [-0.4, -0.2) is 12.7 Å². The normalized spacial score (nSPS) is 14.0. The van der Waals surface area contributed by atoms with E-state index in [2.05, 4.69) is 0 Å². The van der Waals surface area contributed by atoms with Gasteiger partial charge in [0.15, 0.2) is 11.6 Å². The topological polar surface area (TPSA) is 35.2 Å². The molecule has 1 aromatic rings. The summed E-state index contributed by atoms with van der Waals surface area (Å²) < 4.78 is 30.8. The molecular weight excluding hydrogens is 200 g/mol. The monoisotopic (exact) mass is 215 g/mol. The maximum atomic E-state index is 13.0. The van der Waals surface area contributed by atoms with Crippen molar-refractivity contribution < 1.29 is 13.5 Å². The fourth-order valence-corrected chi connectivity index (χ4v) is 1.23. The van der Waals surface area contributed by atoms with Gasteiger partial charge in [0, 0.05) is 7.11 Å². The van der Waals surface area contributed by atoms with Crippen molar-refractivity contribution in [2.45, 2.75) is 25.5 Å². The standard InChI is InChI=1S/C11H15F2NO/c1-11(2,15-3)10(14)7-4-5-8(12)9(13)6-7/h4-6,10H,14H2,1-3H3. The summed E-state index contributed by atoms with van der Waals surface area (Å²) in [4.78, 5) is 0. The molecular formula is C11H15F2NO. The van der Waals surface area contributed by atoms with Crippen molar-refractivity contribution in [3.05, 3.63) is 35.4 Å². The van der Waals surface area contributed by atoms with Crippen LogP contribution in [0.5, 0.6) is 0 Å². The molecule has 0 aliphatic rings. The van der Waals surface area contributed by atoms with Crippen molar-refractivity contribution in [3.63, 3.8) is 0 Å². The Morgan fingerprint density at radius 2 is 1.87 bits per heavy atom. The Balaban J connectivity index is 3.02. The highest BCUT2D eigenvalue weighted by atomic mass is 19.2. The number of hydrogen-bond acceptors (Lipinski definition) is 2. The van der Waals surface area contributed by atoms with Crippen LogP contribution in [0.3, 0.4) is 0 Å².